The fraction of sp³-hybridized carbons (Fsp3) is 0.160. The van der Waals surface area contributed by atoms with Crippen LogP contribution in [0.25, 0.3) is 0 Å². The highest BCUT2D eigenvalue weighted by molar-refractivity contribution is 8.15. The smallest absolute Gasteiger partial charge is 0.243 e. The molecule has 0 radical (unpaired) electrons. The molecule has 1 atom stereocenters. The maximum atomic E-state index is 13.0. The minimum Gasteiger partial charge on any atom is -0.335 e. The summed E-state index contributed by atoms with van der Waals surface area (Å²) in [6, 6.07) is 29.1. The van der Waals surface area contributed by atoms with Gasteiger partial charge in [0.15, 0.2) is 5.17 Å². The zero-order valence-corrected chi connectivity index (χ0v) is 17.8. The summed E-state index contributed by atoms with van der Waals surface area (Å²) in [5, 5.41) is 3.40. The van der Waals surface area contributed by atoms with Crippen LogP contribution in [-0.2, 0) is 16.0 Å². The SMILES string of the molecule is O=C1C[C@@H](SC(=Nc2ccccc2)Nc2ccccc2)C(=O)N1CCc1ccccc1. The van der Waals surface area contributed by atoms with Gasteiger partial charge in [-0.2, -0.15) is 0 Å². The van der Waals surface area contributed by atoms with E-state index in [1.807, 2.05) is 91.0 Å². The van der Waals surface area contributed by atoms with E-state index in [1.54, 1.807) is 0 Å². The van der Waals surface area contributed by atoms with Crippen LogP contribution in [0, 0.1) is 0 Å². The second-order valence-electron chi connectivity index (χ2n) is 7.17. The predicted molar refractivity (Wildman–Crippen MR) is 126 cm³/mol. The molecule has 1 saturated heterocycles. The number of thioether (sulfide) groups is 1. The van der Waals surface area contributed by atoms with Crippen molar-refractivity contribution >= 4 is 40.1 Å². The molecule has 0 spiro atoms. The van der Waals surface area contributed by atoms with E-state index in [1.165, 1.54) is 16.7 Å². The van der Waals surface area contributed by atoms with E-state index in [2.05, 4.69) is 10.3 Å². The van der Waals surface area contributed by atoms with Gasteiger partial charge in [0.1, 0.15) is 5.25 Å². The number of imide groups is 1. The molecule has 1 N–H and O–H groups in total. The van der Waals surface area contributed by atoms with Gasteiger partial charge < -0.3 is 5.32 Å². The van der Waals surface area contributed by atoms with Crippen LogP contribution in [0.3, 0.4) is 0 Å². The average molecular weight is 430 g/mol. The minimum absolute atomic E-state index is 0.128. The Labute approximate surface area is 186 Å². The monoisotopic (exact) mass is 429 g/mol. The molecule has 31 heavy (non-hydrogen) atoms. The average Bonchev–Trinajstić information content (AvgIpc) is 3.06. The summed E-state index contributed by atoms with van der Waals surface area (Å²) in [6.45, 7) is 0.399. The summed E-state index contributed by atoms with van der Waals surface area (Å²) in [7, 11) is 0. The lowest BCUT2D eigenvalue weighted by Crippen LogP contribution is -2.33. The Morgan fingerprint density at radius 3 is 2.19 bits per heavy atom. The van der Waals surface area contributed by atoms with E-state index in [0.29, 0.717) is 18.1 Å². The number of amides is 2. The number of benzene rings is 3. The van der Waals surface area contributed by atoms with Gasteiger partial charge >= 0.3 is 0 Å². The summed E-state index contributed by atoms with van der Waals surface area (Å²) < 4.78 is 0. The van der Waals surface area contributed by atoms with Crippen molar-refractivity contribution in [1.82, 2.24) is 4.90 Å². The molecule has 0 aliphatic carbocycles. The molecule has 0 bridgehead atoms. The predicted octanol–water partition coefficient (Wildman–Crippen LogP) is 4.89. The number of carbonyl (C=O) groups is 2. The fourth-order valence-corrected chi connectivity index (χ4v) is 4.41. The molecule has 0 unspecified atom stereocenters. The lowest BCUT2D eigenvalue weighted by molar-refractivity contribution is -0.138. The molecule has 4 rings (SSSR count). The first-order chi connectivity index (χ1) is 15.2. The second-order valence-corrected chi connectivity index (χ2v) is 8.36. The Kier molecular flexibility index (Phi) is 6.79. The van der Waals surface area contributed by atoms with Crippen LogP contribution < -0.4 is 5.32 Å². The highest BCUT2D eigenvalue weighted by Crippen LogP contribution is 2.28. The fourth-order valence-electron chi connectivity index (χ4n) is 3.35. The number of hydrogen-bond donors (Lipinski definition) is 1. The van der Waals surface area contributed by atoms with Crippen molar-refractivity contribution in [3.05, 3.63) is 96.6 Å². The van der Waals surface area contributed by atoms with E-state index >= 15 is 0 Å². The van der Waals surface area contributed by atoms with Crippen molar-refractivity contribution in [2.24, 2.45) is 4.99 Å². The van der Waals surface area contributed by atoms with E-state index in [9.17, 15) is 9.59 Å². The highest BCUT2D eigenvalue weighted by Gasteiger charge is 2.39. The van der Waals surface area contributed by atoms with E-state index in [4.69, 9.17) is 0 Å². The molecule has 1 heterocycles. The summed E-state index contributed by atoms with van der Waals surface area (Å²) >= 11 is 1.31. The van der Waals surface area contributed by atoms with Crippen molar-refractivity contribution in [2.45, 2.75) is 18.1 Å². The van der Waals surface area contributed by atoms with Gasteiger partial charge in [0.05, 0.1) is 5.69 Å². The molecular weight excluding hydrogens is 406 g/mol. The zero-order chi connectivity index (χ0) is 21.5. The van der Waals surface area contributed by atoms with E-state index < -0.39 is 5.25 Å². The molecule has 2 amide bonds. The Morgan fingerprint density at radius 2 is 1.52 bits per heavy atom. The van der Waals surface area contributed by atoms with Crippen molar-refractivity contribution in [2.75, 3.05) is 11.9 Å². The van der Waals surface area contributed by atoms with Gasteiger partial charge in [-0.3, -0.25) is 14.5 Å². The van der Waals surface area contributed by atoms with Crippen LogP contribution in [0.15, 0.2) is 96.0 Å². The lowest BCUT2D eigenvalue weighted by Gasteiger charge is -2.16. The molecule has 6 heteroatoms. The summed E-state index contributed by atoms with van der Waals surface area (Å²) in [5.74, 6) is -0.279. The van der Waals surface area contributed by atoms with Gasteiger partial charge in [-0.05, 0) is 36.2 Å². The van der Waals surface area contributed by atoms with Crippen LogP contribution >= 0.6 is 11.8 Å². The summed E-state index contributed by atoms with van der Waals surface area (Å²) in [5.41, 5.74) is 2.77. The van der Waals surface area contributed by atoms with Crippen LogP contribution in [0.2, 0.25) is 0 Å². The molecule has 3 aromatic rings. The number of rotatable bonds is 6. The minimum atomic E-state index is -0.484. The van der Waals surface area contributed by atoms with Gasteiger partial charge in [-0.1, -0.05) is 78.5 Å². The molecule has 156 valence electrons. The van der Waals surface area contributed by atoms with Crippen LogP contribution in [0.4, 0.5) is 11.4 Å². The zero-order valence-electron chi connectivity index (χ0n) is 17.0. The summed E-state index contributed by atoms with van der Waals surface area (Å²) in [6.07, 6.45) is 0.839. The number of nitrogens with zero attached hydrogens (tertiary/aromatic N) is 2. The second kappa shape index (κ2) is 10.1. The number of nitrogens with one attached hydrogen (secondary N) is 1. The largest absolute Gasteiger partial charge is 0.335 e. The quantitative estimate of drug-likeness (QED) is 0.344. The molecule has 1 aliphatic rings. The third-order valence-electron chi connectivity index (χ3n) is 4.94. The molecule has 5 nitrogen and oxygen atoms in total. The van der Waals surface area contributed by atoms with Crippen LogP contribution in [0.1, 0.15) is 12.0 Å². The molecule has 1 aliphatic heterocycles. The number of likely N-dealkylation sites (tertiary alicyclic amines) is 1. The molecule has 0 aromatic heterocycles. The maximum absolute atomic E-state index is 13.0. The van der Waals surface area contributed by atoms with E-state index in [0.717, 1.165) is 16.9 Å². The highest BCUT2D eigenvalue weighted by atomic mass is 32.2. The van der Waals surface area contributed by atoms with Crippen molar-refractivity contribution in [3.63, 3.8) is 0 Å². The van der Waals surface area contributed by atoms with Gasteiger partial charge in [-0.25, -0.2) is 4.99 Å². The Balaban J connectivity index is 1.47. The molecule has 0 saturated carbocycles. The third-order valence-corrected chi connectivity index (χ3v) is 6.00. The van der Waals surface area contributed by atoms with Crippen molar-refractivity contribution < 1.29 is 9.59 Å². The standard InChI is InChI=1S/C25H23N3O2S/c29-23-18-22(24(30)28(23)17-16-19-10-4-1-5-11-19)31-25(26-20-12-6-2-7-13-20)27-21-14-8-3-9-15-21/h1-15,22H,16-18H2,(H,26,27)/t22-/m1/s1. The Bertz CT molecular complexity index is 1060. The third kappa shape index (κ3) is 5.61. The van der Waals surface area contributed by atoms with Gasteiger partial charge in [-0.15, -0.1) is 0 Å². The normalized spacial score (nSPS) is 16.6. The first-order valence-electron chi connectivity index (χ1n) is 10.2. The Morgan fingerprint density at radius 1 is 0.903 bits per heavy atom. The van der Waals surface area contributed by atoms with Gasteiger partial charge in [0, 0.05) is 18.7 Å². The number of anilines is 1. The molecule has 3 aromatic carbocycles. The first-order valence-corrected chi connectivity index (χ1v) is 11.1. The van der Waals surface area contributed by atoms with Crippen molar-refractivity contribution in [3.8, 4) is 0 Å². The molecule has 1 fully saturated rings. The van der Waals surface area contributed by atoms with E-state index in [-0.39, 0.29) is 18.2 Å². The van der Waals surface area contributed by atoms with Gasteiger partial charge in [0.2, 0.25) is 11.8 Å². The number of carbonyl (C=O) groups excluding carboxylic acids is 2. The van der Waals surface area contributed by atoms with Crippen LogP contribution in [-0.4, -0.2) is 33.7 Å². The number of amidine groups is 1. The maximum Gasteiger partial charge on any atom is 0.243 e. The number of hydrogen-bond acceptors (Lipinski definition) is 4. The lowest BCUT2D eigenvalue weighted by atomic mass is 10.1. The first kappa shape index (κ1) is 20.9. The number of para-hydroxylation sites is 2. The number of aliphatic imine (C=N–C) groups is 1. The Hall–Kier alpha value is -3.38. The summed E-state index contributed by atoms with van der Waals surface area (Å²) in [4.78, 5) is 31.6. The van der Waals surface area contributed by atoms with Crippen molar-refractivity contribution in [1.29, 1.82) is 0 Å². The van der Waals surface area contributed by atoms with Gasteiger partial charge in [0.25, 0.3) is 0 Å². The van der Waals surface area contributed by atoms with Crippen LogP contribution in [0.5, 0.6) is 0 Å². The molecular formula is C25H23N3O2S. The topological polar surface area (TPSA) is 61.8 Å².